The van der Waals surface area contributed by atoms with E-state index in [1.807, 2.05) is 0 Å². The van der Waals surface area contributed by atoms with Gasteiger partial charge in [-0.15, -0.1) is 0 Å². The van der Waals surface area contributed by atoms with Crippen LogP contribution in [0.15, 0.2) is 0 Å². The summed E-state index contributed by atoms with van der Waals surface area (Å²) in [5.74, 6) is 2.03. The molecule has 0 saturated carbocycles. The third-order valence-corrected chi connectivity index (χ3v) is 4.95. The lowest BCUT2D eigenvalue weighted by Crippen LogP contribution is -2.35. The van der Waals surface area contributed by atoms with Crippen molar-refractivity contribution < 1.29 is 9.47 Å². The maximum Gasteiger partial charge on any atom is 0.156 e. The van der Waals surface area contributed by atoms with Gasteiger partial charge in [0.15, 0.2) is 6.29 Å². The highest BCUT2D eigenvalue weighted by atomic mass is 16.7. The first-order chi connectivity index (χ1) is 8.85. The van der Waals surface area contributed by atoms with Crippen LogP contribution in [0.4, 0.5) is 0 Å². The van der Waals surface area contributed by atoms with Crippen LogP contribution in [0.1, 0.15) is 58.8 Å². The first kappa shape index (κ1) is 14.4. The molecule has 2 fully saturated rings. The van der Waals surface area contributed by atoms with Crippen LogP contribution in [0.5, 0.6) is 0 Å². The van der Waals surface area contributed by atoms with Gasteiger partial charge in [0.1, 0.15) is 6.71 Å². The highest BCUT2D eigenvalue weighted by Gasteiger charge is 2.38. The first-order valence-electron chi connectivity index (χ1n) is 8.08. The van der Waals surface area contributed by atoms with Crippen molar-refractivity contribution in [1.29, 1.82) is 0 Å². The SMILES string of the molecule is CCOC(CCB1C2CCCC1CCC2)OCC. The predicted octanol–water partition coefficient (Wildman–Crippen LogP) is 4.38. The summed E-state index contributed by atoms with van der Waals surface area (Å²) in [6, 6.07) is 0. The van der Waals surface area contributed by atoms with E-state index < -0.39 is 0 Å². The second-order valence-corrected chi connectivity index (χ2v) is 5.96. The van der Waals surface area contributed by atoms with E-state index in [-0.39, 0.29) is 6.29 Å². The number of hydrogen-bond acceptors (Lipinski definition) is 2. The summed E-state index contributed by atoms with van der Waals surface area (Å²) < 4.78 is 11.3. The molecule has 0 N–H and O–H groups in total. The third-order valence-electron chi connectivity index (χ3n) is 4.95. The minimum Gasteiger partial charge on any atom is -0.353 e. The van der Waals surface area contributed by atoms with Gasteiger partial charge in [0.2, 0.25) is 0 Å². The fraction of sp³-hybridized carbons (Fsp3) is 1.00. The summed E-state index contributed by atoms with van der Waals surface area (Å²) >= 11 is 0. The van der Waals surface area contributed by atoms with E-state index in [2.05, 4.69) is 13.8 Å². The van der Waals surface area contributed by atoms with Crippen LogP contribution in [-0.4, -0.2) is 26.2 Å². The number of rotatable bonds is 7. The van der Waals surface area contributed by atoms with Crippen molar-refractivity contribution in [2.24, 2.45) is 0 Å². The summed E-state index contributed by atoms with van der Waals surface area (Å²) in [5, 5.41) is 0. The second-order valence-electron chi connectivity index (χ2n) is 5.96. The molecule has 2 heterocycles. The Labute approximate surface area is 113 Å². The average molecular weight is 252 g/mol. The van der Waals surface area contributed by atoms with Gasteiger partial charge in [0.25, 0.3) is 0 Å². The van der Waals surface area contributed by atoms with Crippen molar-refractivity contribution in [3.8, 4) is 0 Å². The molecule has 0 amide bonds. The van der Waals surface area contributed by atoms with Gasteiger partial charge in [0.05, 0.1) is 0 Å². The third kappa shape index (κ3) is 3.74. The van der Waals surface area contributed by atoms with Gasteiger partial charge < -0.3 is 9.47 Å². The molecule has 104 valence electrons. The Morgan fingerprint density at radius 1 is 0.944 bits per heavy atom. The summed E-state index contributed by atoms with van der Waals surface area (Å²) in [6.45, 7) is 6.61. The molecule has 2 saturated heterocycles. The molecule has 0 unspecified atom stereocenters. The van der Waals surface area contributed by atoms with E-state index in [1.165, 1.54) is 44.8 Å². The van der Waals surface area contributed by atoms with Gasteiger partial charge >= 0.3 is 0 Å². The Balaban J connectivity index is 1.80. The molecule has 0 radical (unpaired) electrons. The van der Waals surface area contributed by atoms with Gasteiger partial charge in [-0.05, 0) is 20.3 Å². The van der Waals surface area contributed by atoms with E-state index in [4.69, 9.17) is 9.47 Å². The fourth-order valence-electron chi connectivity index (χ4n) is 4.20. The van der Waals surface area contributed by atoms with Gasteiger partial charge in [-0.3, -0.25) is 0 Å². The lowest BCUT2D eigenvalue weighted by molar-refractivity contribution is -0.136. The van der Waals surface area contributed by atoms with Crippen LogP contribution in [0.2, 0.25) is 18.0 Å². The van der Waals surface area contributed by atoms with Crippen LogP contribution in [-0.2, 0) is 9.47 Å². The zero-order valence-electron chi connectivity index (χ0n) is 12.2. The molecule has 2 rings (SSSR count). The average Bonchev–Trinajstić information content (AvgIpc) is 2.36. The fourth-order valence-corrected chi connectivity index (χ4v) is 4.20. The minimum atomic E-state index is 0.0441. The number of ether oxygens (including phenoxy) is 2. The molecule has 2 nitrogen and oxygen atoms in total. The molecule has 2 aliphatic rings. The molecule has 0 aromatic carbocycles. The van der Waals surface area contributed by atoms with Crippen molar-refractivity contribution in [3.05, 3.63) is 0 Å². The van der Waals surface area contributed by atoms with E-state index in [1.54, 1.807) is 0 Å². The Morgan fingerprint density at radius 3 is 1.89 bits per heavy atom. The van der Waals surface area contributed by atoms with E-state index in [0.717, 1.165) is 38.0 Å². The molecule has 0 aromatic rings. The van der Waals surface area contributed by atoms with E-state index in [0.29, 0.717) is 0 Å². The zero-order chi connectivity index (χ0) is 12.8. The second kappa shape index (κ2) is 7.54. The minimum absolute atomic E-state index is 0.0441. The molecule has 2 aliphatic heterocycles. The smallest absolute Gasteiger partial charge is 0.156 e. The molecule has 3 heteroatoms. The standard InChI is InChI=1S/C15H29BO2/c1-3-17-15(18-4-2)11-12-16-13-7-5-8-14(16)10-6-9-13/h13-15H,3-12H2,1-2H3. The normalized spacial score (nSPS) is 27.8. The Kier molecular flexibility index (Phi) is 6.03. The molecular weight excluding hydrogens is 223 g/mol. The quantitative estimate of drug-likeness (QED) is 0.494. The van der Waals surface area contributed by atoms with Crippen molar-refractivity contribution in [1.82, 2.24) is 0 Å². The van der Waals surface area contributed by atoms with E-state index in [9.17, 15) is 0 Å². The van der Waals surface area contributed by atoms with Crippen molar-refractivity contribution >= 4 is 6.71 Å². The van der Waals surface area contributed by atoms with Crippen LogP contribution in [0, 0.1) is 0 Å². The lowest BCUT2D eigenvalue weighted by atomic mass is 9.26. The highest BCUT2D eigenvalue weighted by molar-refractivity contribution is 6.62. The zero-order valence-corrected chi connectivity index (χ0v) is 12.2. The largest absolute Gasteiger partial charge is 0.353 e. The van der Waals surface area contributed by atoms with Crippen LogP contribution in [0.25, 0.3) is 0 Å². The molecule has 0 atom stereocenters. The van der Waals surface area contributed by atoms with Crippen LogP contribution in [0.3, 0.4) is 0 Å². The monoisotopic (exact) mass is 252 g/mol. The molecule has 0 spiro atoms. The highest BCUT2D eigenvalue weighted by Crippen LogP contribution is 2.48. The maximum atomic E-state index is 5.67. The Hall–Kier alpha value is -0.0151. The summed E-state index contributed by atoms with van der Waals surface area (Å²) in [4.78, 5) is 0. The number of hydrogen-bond donors (Lipinski definition) is 0. The summed E-state index contributed by atoms with van der Waals surface area (Å²) in [7, 11) is 0. The predicted molar refractivity (Wildman–Crippen MR) is 77.4 cm³/mol. The van der Waals surface area contributed by atoms with Crippen molar-refractivity contribution in [3.63, 3.8) is 0 Å². The van der Waals surface area contributed by atoms with Gasteiger partial charge in [-0.2, -0.15) is 0 Å². The van der Waals surface area contributed by atoms with Gasteiger partial charge in [0, 0.05) is 13.2 Å². The molecule has 2 bridgehead atoms. The molecular formula is C15H29BO2. The summed E-state index contributed by atoms with van der Waals surface area (Å²) in [5.41, 5.74) is 0. The molecule has 0 aliphatic carbocycles. The lowest BCUT2D eigenvalue weighted by Gasteiger charge is -2.41. The van der Waals surface area contributed by atoms with Crippen molar-refractivity contribution in [2.75, 3.05) is 13.2 Å². The van der Waals surface area contributed by atoms with Crippen LogP contribution < -0.4 is 0 Å². The summed E-state index contributed by atoms with van der Waals surface area (Å²) in [6.07, 6.45) is 11.3. The molecule has 18 heavy (non-hydrogen) atoms. The Morgan fingerprint density at radius 2 is 1.44 bits per heavy atom. The Bertz CT molecular complexity index is 207. The maximum absolute atomic E-state index is 5.67. The van der Waals surface area contributed by atoms with Crippen LogP contribution >= 0.6 is 0 Å². The van der Waals surface area contributed by atoms with Gasteiger partial charge in [-0.1, -0.05) is 56.5 Å². The van der Waals surface area contributed by atoms with Gasteiger partial charge in [-0.25, -0.2) is 0 Å². The number of fused-ring (bicyclic) bond motifs is 2. The van der Waals surface area contributed by atoms with E-state index >= 15 is 0 Å². The van der Waals surface area contributed by atoms with Crippen molar-refractivity contribution in [2.45, 2.75) is 83.0 Å². The first-order valence-corrected chi connectivity index (χ1v) is 8.08. The molecule has 0 aromatic heterocycles. The topological polar surface area (TPSA) is 18.5 Å².